The van der Waals surface area contributed by atoms with Crippen molar-refractivity contribution in [3.63, 3.8) is 0 Å². The number of nitrogens with one attached hydrogen (secondary N) is 1. The van der Waals surface area contributed by atoms with Crippen molar-refractivity contribution in [2.24, 2.45) is 0 Å². The first kappa shape index (κ1) is 19.4. The van der Waals surface area contributed by atoms with Crippen molar-refractivity contribution in [1.82, 2.24) is 10.2 Å². The molecule has 3 nitrogen and oxygen atoms in total. The standard InChI is InChI=1S/C12H18N2.C10H12O/c1-13-12-7-8-14(10-12)9-11-5-3-2-4-6-11;1-7-4-9(3)10(6-11)5-8(7)2/h2-6,12-13H,7-10H2,1H3;4-6H,1-3H3. The number of hydrogen-bond donors (Lipinski definition) is 1. The Hall–Kier alpha value is -1.97. The first-order valence-corrected chi connectivity index (χ1v) is 9.00. The molecule has 3 heteroatoms. The molecule has 0 amide bonds. The van der Waals surface area contributed by atoms with Crippen LogP contribution in [0.3, 0.4) is 0 Å². The summed E-state index contributed by atoms with van der Waals surface area (Å²) in [4.78, 5) is 13.0. The van der Waals surface area contributed by atoms with E-state index in [0.717, 1.165) is 24.0 Å². The quantitative estimate of drug-likeness (QED) is 0.858. The maximum absolute atomic E-state index is 10.5. The summed E-state index contributed by atoms with van der Waals surface area (Å²) in [5, 5.41) is 3.34. The van der Waals surface area contributed by atoms with Crippen molar-refractivity contribution in [2.45, 2.75) is 39.8 Å². The summed E-state index contributed by atoms with van der Waals surface area (Å²) in [6.45, 7) is 9.53. The fourth-order valence-electron chi connectivity index (χ4n) is 3.16. The van der Waals surface area contributed by atoms with E-state index in [2.05, 4.69) is 54.5 Å². The van der Waals surface area contributed by atoms with Gasteiger partial charge >= 0.3 is 0 Å². The molecular formula is C22H30N2O. The zero-order valence-electron chi connectivity index (χ0n) is 15.9. The lowest BCUT2D eigenvalue weighted by Gasteiger charge is -2.15. The van der Waals surface area contributed by atoms with Gasteiger partial charge in [-0.1, -0.05) is 36.4 Å². The molecule has 1 aliphatic rings. The van der Waals surface area contributed by atoms with Crippen molar-refractivity contribution >= 4 is 6.29 Å². The summed E-state index contributed by atoms with van der Waals surface area (Å²) in [7, 11) is 2.05. The van der Waals surface area contributed by atoms with E-state index in [-0.39, 0.29) is 0 Å². The Balaban J connectivity index is 0.000000186. The molecule has 1 aliphatic heterocycles. The molecule has 2 aromatic rings. The molecule has 0 aromatic heterocycles. The number of likely N-dealkylation sites (N-methyl/N-ethyl adjacent to an activating group) is 1. The second-order valence-electron chi connectivity index (χ2n) is 6.91. The number of aryl methyl sites for hydroxylation is 3. The van der Waals surface area contributed by atoms with Crippen LogP contribution in [0.15, 0.2) is 42.5 Å². The molecule has 0 saturated carbocycles. The minimum atomic E-state index is 0.693. The lowest BCUT2D eigenvalue weighted by molar-refractivity contribution is 0.112. The van der Waals surface area contributed by atoms with Crippen LogP contribution in [-0.4, -0.2) is 37.4 Å². The van der Waals surface area contributed by atoms with Crippen molar-refractivity contribution in [1.29, 1.82) is 0 Å². The highest BCUT2D eigenvalue weighted by Crippen LogP contribution is 2.13. The van der Waals surface area contributed by atoms with Crippen molar-refractivity contribution < 1.29 is 4.79 Å². The summed E-state index contributed by atoms with van der Waals surface area (Å²) in [5.74, 6) is 0. The van der Waals surface area contributed by atoms with Gasteiger partial charge in [-0.2, -0.15) is 0 Å². The summed E-state index contributed by atoms with van der Waals surface area (Å²) in [5.41, 5.74) is 5.70. The third-order valence-electron chi connectivity index (χ3n) is 4.94. The summed E-state index contributed by atoms with van der Waals surface area (Å²) in [6.07, 6.45) is 2.19. The number of nitrogens with zero attached hydrogens (tertiary/aromatic N) is 1. The van der Waals surface area contributed by atoms with Gasteiger partial charge in [0, 0.05) is 31.2 Å². The van der Waals surface area contributed by atoms with Crippen LogP contribution in [-0.2, 0) is 6.54 Å². The molecular weight excluding hydrogens is 308 g/mol. The predicted octanol–water partition coefficient (Wildman–Crippen LogP) is 3.90. The van der Waals surface area contributed by atoms with Crippen LogP contribution in [0.5, 0.6) is 0 Å². The zero-order valence-corrected chi connectivity index (χ0v) is 15.9. The molecule has 0 radical (unpaired) electrons. The van der Waals surface area contributed by atoms with Gasteiger partial charge in [0.1, 0.15) is 6.29 Å². The van der Waals surface area contributed by atoms with Gasteiger partial charge in [-0.05, 0) is 62.6 Å². The van der Waals surface area contributed by atoms with E-state index in [1.807, 2.05) is 26.0 Å². The van der Waals surface area contributed by atoms with Crippen LogP contribution in [0.2, 0.25) is 0 Å². The van der Waals surface area contributed by atoms with E-state index in [9.17, 15) is 4.79 Å². The van der Waals surface area contributed by atoms with Crippen LogP contribution in [0.1, 0.15) is 39.0 Å². The highest BCUT2D eigenvalue weighted by molar-refractivity contribution is 5.77. The SMILES string of the molecule is CNC1CCN(Cc2ccccc2)C1.Cc1cc(C)c(C=O)cc1C. The Morgan fingerprint density at radius 2 is 1.76 bits per heavy atom. The van der Waals surface area contributed by atoms with E-state index in [4.69, 9.17) is 0 Å². The average molecular weight is 338 g/mol. The third-order valence-corrected chi connectivity index (χ3v) is 4.94. The van der Waals surface area contributed by atoms with Gasteiger partial charge in [-0.25, -0.2) is 0 Å². The van der Waals surface area contributed by atoms with Gasteiger partial charge in [0.25, 0.3) is 0 Å². The molecule has 1 fully saturated rings. The third kappa shape index (κ3) is 5.80. The molecule has 0 bridgehead atoms. The first-order chi connectivity index (χ1) is 12.0. The second-order valence-corrected chi connectivity index (χ2v) is 6.91. The number of carbonyl (C=O) groups excluding carboxylic acids is 1. The molecule has 25 heavy (non-hydrogen) atoms. The number of rotatable bonds is 4. The van der Waals surface area contributed by atoms with Crippen LogP contribution < -0.4 is 5.32 Å². The van der Waals surface area contributed by atoms with Crippen molar-refractivity contribution in [2.75, 3.05) is 20.1 Å². The Morgan fingerprint density at radius 1 is 1.08 bits per heavy atom. The van der Waals surface area contributed by atoms with E-state index in [0.29, 0.717) is 6.04 Å². The minimum absolute atomic E-state index is 0.693. The van der Waals surface area contributed by atoms with Crippen LogP contribution in [0.25, 0.3) is 0 Å². The first-order valence-electron chi connectivity index (χ1n) is 9.00. The Bertz CT molecular complexity index is 682. The fourth-order valence-corrected chi connectivity index (χ4v) is 3.16. The number of hydrogen-bond acceptors (Lipinski definition) is 3. The van der Waals surface area contributed by atoms with E-state index < -0.39 is 0 Å². The minimum Gasteiger partial charge on any atom is -0.316 e. The van der Waals surface area contributed by atoms with Gasteiger partial charge in [0.2, 0.25) is 0 Å². The molecule has 1 atom stereocenters. The van der Waals surface area contributed by atoms with E-state index >= 15 is 0 Å². The van der Waals surface area contributed by atoms with Crippen molar-refractivity contribution in [3.05, 3.63) is 70.3 Å². The Morgan fingerprint density at radius 3 is 2.36 bits per heavy atom. The Kier molecular flexibility index (Phi) is 7.35. The normalized spacial score (nSPS) is 17.0. The topological polar surface area (TPSA) is 32.3 Å². The lowest BCUT2D eigenvalue weighted by atomic mass is 10.0. The maximum Gasteiger partial charge on any atom is 0.150 e. The van der Waals surface area contributed by atoms with Crippen molar-refractivity contribution in [3.8, 4) is 0 Å². The van der Waals surface area contributed by atoms with E-state index in [1.54, 1.807) is 0 Å². The molecule has 1 unspecified atom stereocenters. The molecule has 134 valence electrons. The Labute approximate surface area is 152 Å². The smallest absolute Gasteiger partial charge is 0.150 e. The number of benzene rings is 2. The summed E-state index contributed by atoms with van der Waals surface area (Å²) >= 11 is 0. The second kappa shape index (κ2) is 9.50. The molecule has 3 rings (SSSR count). The molecule has 0 aliphatic carbocycles. The summed E-state index contributed by atoms with van der Waals surface area (Å²) < 4.78 is 0. The molecule has 2 aromatic carbocycles. The number of likely N-dealkylation sites (tertiary alicyclic amines) is 1. The van der Waals surface area contributed by atoms with Crippen LogP contribution in [0, 0.1) is 20.8 Å². The van der Waals surface area contributed by atoms with Gasteiger partial charge < -0.3 is 5.32 Å². The molecule has 1 N–H and O–H groups in total. The molecule has 1 saturated heterocycles. The van der Waals surface area contributed by atoms with Gasteiger partial charge in [-0.15, -0.1) is 0 Å². The predicted molar refractivity (Wildman–Crippen MR) is 105 cm³/mol. The highest BCUT2D eigenvalue weighted by Gasteiger charge is 2.20. The zero-order chi connectivity index (χ0) is 18.2. The number of carbonyl (C=O) groups is 1. The maximum atomic E-state index is 10.5. The largest absolute Gasteiger partial charge is 0.316 e. The summed E-state index contributed by atoms with van der Waals surface area (Å²) in [6, 6.07) is 15.4. The highest BCUT2D eigenvalue weighted by atomic mass is 16.1. The molecule has 0 spiro atoms. The number of aldehydes is 1. The lowest BCUT2D eigenvalue weighted by Crippen LogP contribution is -2.29. The van der Waals surface area contributed by atoms with Crippen LogP contribution >= 0.6 is 0 Å². The van der Waals surface area contributed by atoms with Gasteiger partial charge in [0.05, 0.1) is 0 Å². The fraction of sp³-hybridized carbons (Fsp3) is 0.409. The van der Waals surface area contributed by atoms with Gasteiger partial charge in [-0.3, -0.25) is 9.69 Å². The van der Waals surface area contributed by atoms with E-state index in [1.165, 1.54) is 36.2 Å². The monoisotopic (exact) mass is 338 g/mol. The van der Waals surface area contributed by atoms with Crippen LogP contribution in [0.4, 0.5) is 0 Å². The van der Waals surface area contributed by atoms with Gasteiger partial charge in [0.15, 0.2) is 0 Å². The molecule has 1 heterocycles. The average Bonchev–Trinajstić information content (AvgIpc) is 3.07.